The van der Waals surface area contributed by atoms with Gasteiger partial charge in [0.15, 0.2) is 11.5 Å². The lowest BCUT2D eigenvalue weighted by Crippen LogP contribution is -2.28. The van der Waals surface area contributed by atoms with Gasteiger partial charge in [-0.3, -0.25) is 19.6 Å². The number of ether oxygens (including phenoxy) is 2. The SMILES string of the molecule is COc1cc(C=NNC(=O)C(C)n2nc(C)c([N+](=O)[O-])c2C)cc(Br)c1OCc1ccc(Cl)cc1Cl. The number of nitro groups is 1. The van der Waals surface area contributed by atoms with Gasteiger partial charge in [0.1, 0.15) is 24.0 Å². The smallest absolute Gasteiger partial charge is 0.312 e. The van der Waals surface area contributed by atoms with E-state index in [0.29, 0.717) is 31.6 Å². The molecule has 0 spiro atoms. The van der Waals surface area contributed by atoms with Gasteiger partial charge in [-0.1, -0.05) is 29.3 Å². The zero-order valence-corrected chi connectivity index (χ0v) is 22.8. The normalized spacial score (nSPS) is 12.0. The summed E-state index contributed by atoms with van der Waals surface area (Å²) < 4.78 is 13.3. The quantitative estimate of drug-likeness (QED) is 0.189. The average Bonchev–Trinajstić information content (AvgIpc) is 3.12. The number of hydrazone groups is 1. The molecular weight excluding hydrogens is 577 g/mol. The molecule has 1 unspecified atom stereocenters. The van der Waals surface area contributed by atoms with Crippen LogP contribution in [0.2, 0.25) is 10.0 Å². The standard InChI is InChI=1S/C23H22BrCl2N5O5/c1-12-21(31(33)34)13(2)30(29-12)14(3)23(32)28-27-10-15-7-18(24)22(20(8-15)35-4)36-11-16-5-6-17(25)9-19(16)26/h5-10,14H,11H2,1-4H3,(H,28,32). The number of nitrogens with one attached hydrogen (secondary N) is 1. The minimum absolute atomic E-state index is 0.115. The third kappa shape index (κ3) is 6.15. The highest BCUT2D eigenvalue weighted by Crippen LogP contribution is 2.37. The maximum absolute atomic E-state index is 12.6. The first-order chi connectivity index (χ1) is 17.0. The Bertz CT molecular complexity index is 1340. The highest BCUT2D eigenvalue weighted by molar-refractivity contribution is 9.10. The first-order valence-corrected chi connectivity index (χ1v) is 12.1. The maximum atomic E-state index is 12.6. The lowest BCUT2D eigenvalue weighted by atomic mass is 10.2. The van der Waals surface area contributed by atoms with Crippen molar-refractivity contribution in [2.24, 2.45) is 5.10 Å². The molecule has 1 N–H and O–H groups in total. The number of carbonyl (C=O) groups is 1. The second-order valence-corrected chi connectivity index (χ2v) is 9.39. The molecule has 190 valence electrons. The van der Waals surface area contributed by atoms with Crippen molar-refractivity contribution in [3.63, 3.8) is 0 Å². The molecule has 0 aliphatic rings. The van der Waals surface area contributed by atoms with E-state index in [4.69, 9.17) is 32.7 Å². The van der Waals surface area contributed by atoms with Gasteiger partial charge in [-0.15, -0.1) is 0 Å². The fourth-order valence-electron chi connectivity index (χ4n) is 3.41. The molecule has 10 nitrogen and oxygen atoms in total. The number of aromatic nitrogens is 2. The van der Waals surface area contributed by atoms with E-state index in [1.807, 2.05) is 0 Å². The predicted molar refractivity (Wildman–Crippen MR) is 140 cm³/mol. The fourth-order valence-corrected chi connectivity index (χ4v) is 4.45. The summed E-state index contributed by atoms with van der Waals surface area (Å²) in [6.45, 7) is 4.83. The number of aryl methyl sites for hydroxylation is 1. The van der Waals surface area contributed by atoms with E-state index in [1.54, 1.807) is 44.2 Å². The van der Waals surface area contributed by atoms with Crippen LogP contribution in [0.15, 0.2) is 39.9 Å². The molecule has 0 radical (unpaired) electrons. The lowest BCUT2D eigenvalue weighted by molar-refractivity contribution is -0.386. The Morgan fingerprint density at radius 3 is 2.67 bits per heavy atom. The first kappa shape index (κ1) is 27.4. The Morgan fingerprint density at radius 2 is 2.06 bits per heavy atom. The summed E-state index contributed by atoms with van der Waals surface area (Å²) in [6.07, 6.45) is 1.43. The van der Waals surface area contributed by atoms with Crippen molar-refractivity contribution >= 4 is 56.9 Å². The molecule has 0 fully saturated rings. The minimum atomic E-state index is -0.814. The van der Waals surface area contributed by atoms with Gasteiger partial charge < -0.3 is 9.47 Å². The minimum Gasteiger partial charge on any atom is -0.493 e. The van der Waals surface area contributed by atoms with E-state index in [0.717, 1.165) is 5.56 Å². The summed E-state index contributed by atoms with van der Waals surface area (Å²) in [4.78, 5) is 23.3. The largest absolute Gasteiger partial charge is 0.493 e. The molecule has 1 heterocycles. The van der Waals surface area contributed by atoms with Gasteiger partial charge in [0.25, 0.3) is 5.91 Å². The van der Waals surface area contributed by atoms with Crippen LogP contribution in [0.3, 0.4) is 0 Å². The monoisotopic (exact) mass is 597 g/mol. The van der Waals surface area contributed by atoms with E-state index in [1.165, 1.54) is 24.9 Å². The number of amides is 1. The lowest BCUT2D eigenvalue weighted by Gasteiger charge is -2.14. The van der Waals surface area contributed by atoms with Crippen LogP contribution in [0.4, 0.5) is 5.69 Å². The number of hydrogen-bond acceptors (Lipinski definition) is 7. The molecule has 36 heavy (non-hydrogen) atoms. The van der Waals surface area contributed by atoms with Gasteiger partial charge in [0, 0.05) is 15.6 Å². The summed E-state index contributed by atoms with van der Waals surface area (Å²) in [5, 5.41) is 20.4. The zero-order chi connectivity index (χ0) is 26.6. The number of hydrogen-bond donors (Lipinski definition) is 1. The molecule has 13 heteroatoms. The van der Waals surface area contributed by atoms with Crippen LogP contribution in [-0.2, 0) is 11.4 Å². The van der Waals surface area contributed by atoms with Crippen molar-refractivity contribution in [3.05, 3.63) is 77.5 Å². The van der Waals surface area contributed by atoms with Crippen LogP contribution in [0.5, 0.6) is 11.5 Å². The third-order valence-electron chi connectivity index (χ3n) is 5.24. The Hall–Kier alpha value is -3.15. The highest BCUT2D eigenvalue weighted by atomic mass is 79.9. The first-order valence-electron chi connectivity index (χ1n) is 10.5. The van der Waals surface area contributed by atoms with Crippen molar-refractivity contribution in [2.75, 3.05) is 7.11 Å². The Morgan fingerprint density at radius 1 is 1.33 bits per heavy atom. The number of carbonyl (C=O) groups excluding carboxylic acids is 1. The zero-order valence-electron chi connectivity index (χ0n) is 19.7. The van der Waals surface area contributed by atoms with Crippen LogP contribution >= 0.6 is 39.1 Å². The van der Waals surface area contributed by atoms with E-state index in [-0.39, 0.29) is 23.7 Å². The highest BCUT2D eigenvalue weighted by Gasteiger charge is 2.27. The molecule has 0 saturated carbocycles. The van der Waals surface area contributed by atoms with Gasteiger partial charge in [0.05, 0.1) is 22.7 Å². The molecule has 2 aromatic carbocycles. The summed E-state index contributed by atoms with van der Waals surface area (Å²) in [7, 11) is 1.50. The second-order valence-electron chi connectivity index (χ2n) is 7.69. The van der Waals surface area contributed by atoms with Gasteiger partial charge in [-0.05, 0) is 66.5 Å². The van der Waals surface area contributed by atoms with Crippen LogP contribution in [0.25, 0.3) is 0 Å². The van der Waals surface area contributed by atoms with Gasteiger partial charge in [-0.2, -0.15) is 10.2 Å². The molecule has 0 aliphatic heterocycles. The van der Waals surface area contributed by atoms with Crippen LogP contribution in [0.1, 0.15) is 35.5 Å². The van der Waals surface area contributed by atoms with Crippen LogP contribution in [0, 0.1) is 24.0 Å². The van der Waals surface area contributed by atoms with Crippen molar-refractivity contribution in [1.29, 1.82) is 0 Å². The van der Waals surface area contributed by atoms with E-state index < -0.39 is 16.9 Å². The Balaban J connectivity index is 1.70. The summed E-state index contributed by atoms with van der Waals surface area (Å²) in [6, 6.07) is 7.76. The van der Waals surface area contributed by atoms with E-state index in [2.05, 4.69) is 31.6 Å². The number of benzene rings is 2. The molecule has 3 rings (SSSR count). The van der Waals surface area contributed by atoms with Crippen molar-refractivity contribution in [3.8, 4) is 11.5 Å². The van der Waals surface area contributed by atoms with Gasteiger partial charge in [-0.25, -0.2) is 5.43 Å². The number of nitrogens with zero attached hydrogens (tertiary/aromatic N) is 4. The Kier molecular flexibility index (Phi) is 8.93. The predicted octanol–water partition coefficient (Wildman–Crippen LogP) is 5.78. The van der Waals surface area contributed by atoms with Gasteiger partial charge in [0.2, 0.25) is 0 Å². The third-order valence-corrected chi connectivity index (χ3v) is 6.42. The molecule has 0 aliphatic carbocycles. The van der Waals surface area contributed by atoms with E-state index in [9.17, 15) is 14.9 Å². The molecule has 0 bridgehead atoms. The molecule has 1 aromatic heterocycles. The Labute approximate surface area is 225 Å². The van der Waals surface area contributed by atoms with Crippen molar-refractivity contribution < 1.29 is 19.2 Å². The molecular formula is C23H22BrCl2N5O5. The van der Waals surface area contributed by atoms with Crippen molar-refractivity contribution in [1.82, 2.24) is 15.2 Å². The topological polar surface area (TPSA) is 121 Å². The number of rotatable bonds is 9. The van der Waals surface area contributed by atoms with Crippen LogP contribution in [-0.4, -0.2) is 33.9 Å². The molecule has 0 saturated heterocycles. The molecule has 1 atom stereocenters. The second kappa shape index (κ2) is 11.7. The van der Waals surface area contributed by atoms with Gasteiger partial charge >= 0.3 is 5.69 Å². The molecule has 1 amide bonds. The van der Waals surface area contributed by atoms with Crippen molar-refractivity contribution in [2.45, 2.75) is 33.4 Å². The average molecular weight is 599 g/mol. The molecule has 3 aromatic rings. The van der Waals surface area contributed by atoms with E-state index >= 15 is 0 Å². The summed E-state index contributed by atoms with van der Waals surface area (Å²) in [5.74, 6) is 0.410. The fraction of sp³-hybridized carbons (Fsp3) is 0.261. The maximum Gasteiger partial charge on any atom is 0.312 e. The summed E-state index contributed by atoms with van der Waals surface area (Å²) in [5.41, 5.74) is 4.21. The van der Waals surface area contributed by atoms with Crippen LogP contribution < -0.4 is 14.9 Å². The number of methoxy groups -OCH3 is 1. The summed E-state index contributed by atoms with van der Waals surface area (Å²) >= 11 is 15.6. The number of halogens is 3.